The molecule has 0 saturated heterocycles. The fourth-order valence-electron chi connectivity index (χ4n) is 2.97. The van der Waals surface area contributed by atoms with Crippen LogP contribution in [-0.4, -0.2) is 55.0 Å². The van der Waals surface area contributed by atoms with Crippen LogP contribution in [0.15, 0.2) is 30.3 Å². The van der Waals surface area contributed by atoms with Crippen LogP contribution in [0.3, 0.4) is 0 Å². The normalized spacial score (nSPS) is 10.6. The lowest BCUT2D eigenvalue weighted by molar-refractivity contribution is 0.0828. The van der Waals surface area contributed by atoms with Gasteiger partial charge in [0.2, 0.25) is 0 Å². The molecule has 2 amide bonds. The van der Waals surface area contributed by atoms with Crippen molar-refractivity contribution in [3.05, 3.63) is 52.8 Å². The summed E-state index contributed by atoms with van der Waals surface area (Å²) in [6.45, 7) is 3.76. The van der Waals surface area contributed by atoms with E-state index in [4.69, 9.17) is 9.47 Å². The van der Waals surface area contributed by atoms with Gasteiger partial charge in [-0.15, -0.1) is 0 Å². The SMILES string of the molecule is COc1cc(NC(=O)c2ccc3nc(C)c(C)nc3c2)c(C(=O)N(C)C)cc1OC. The summed E-state index contributed by atoms with van der Waals surface area (Å²) < 4.78 is 10.6. The maximum absolute atomic E-state index is 13.0. The first-order valence-electron chi connectivity index (χ1n) is 9.29. The minimum Gasteiger partial charge on any atom is -0.493 e. The zero-order chi connectivity index (χ0) is 22.0. The van der Waals surface area contributed by atoms with Gasteiger partial charge >= 0.3 is 0 Å². The third kappa shape index (κ3) is 4.03. The van der Waals surface area contributed by atoms with Gasteiger partial charge in [0.1, 0.15) is 0 Å². The van der Waals surface area contributed by atoms with E-state index in [1.165, 1.54) is 19.1 Å². The van der Waals surface area contributed by atoms with Crippen LogP contribution in [0.1, 0.15) is 32.1 Å². The molecule has 156 valence electrons. The van der Waals surface area contributed by atoms with E-state index in [-0.39, 0.29) is 17.4 Å². The monoisotopic (exact) mass is 408 g/mol. The van der Waals surface area contributed by atoms with Crippen molar-refractivity contribution in [2.24, 2.45) is 0 Å². The molecule has 0 spiro atoms. The molecule has 0 fully saturated rings. The van der Waals surface area contributed by atoms with Crippen LogP contribution in [0.25, 0.3) is 11.0 Å². The number of carbonyl (C=O) groups is 2. The predicted molar refractivity (Wildman–Crippen MR) is 115 cm³/mol. The Morgan fingerprint density at radius 3 is 2.10 bits per heavy atom. The van der Waals surface area contributed by atoms with Gasteiger partial charge < -0.3 is 19.7 Å². The number of hydrogen-bond donors (Lipinski definition) is 1. The van der Waals surface area contributed by atoms with Gasteiger partial charge in [-0.05, 0) is 38.1 Å². The Balaban J connectivity index is 2.02. The highest BCUT2D eigenvalue weighted by Crippen LogP contribution is 2.34. The number of nitrogens with zero attached hydrogens (tertiary/aromatic N) is 3. The van der Waals surface area contributed by atoms with Crippen LogP contribution >= 0.6 is 0 Å². The molecule has 1 N–H and O–H groups in total. The summed E-state index contributed by atoms with van der Waals surface area (Å²) in [6, 6.07) is 8.23. The largest absolute Gasteiger partial charge is 0.493 e. The van der Waals surface area contributed by atoms with Gasteiger partial charge in [0.25, 0.3) is 11.8 Å². The smallest absolute Gasteiger partial charge is 0.255 e. The Kier molecular flexibility index (Phi) is 5.86. The number of benzene rings is 2. The molecule has 0 saturated carbocycles. The van der Waals surface area contributed by atoms with E-state index < -0.39 is 0 Å². The summed E-state index contributed by atoms with van der Waals surface area (Å²) in [5.41, 5.74) is 4.00. The van der Waals surface area contributed by atoms with Crippen LogP contribution < -0.4 is 14.8 Å². The quantitative estimate of drug-likeness (QED) is 0.697. The lowest BCUT2D eigenvalue weighted by atomic mass is 10.1. The number of rotatable bonds is 5. The number of anilines is 1. The second kappa shape index (κ2) is 8.36. The lowest BCUT2D eigenvalue weighted by Crippen LogP contribution is -2.24. The summed E-state index contributed by atoms with van der Waals surface area (Å²) in [5.74, 6) is 0.143. The molecule has 0 aliphatic rings. The van der Waals surface area contributed by atoms with Crippen LogP contribution in [0.4, 0.5) is 5.69 Å². The highest BCUT2D eigenvalue weighted by Gasteiger charge is 2.20. The summed E-state index contributed by atoms with van der Waals surface area (Å²) in [4.78, 5) is 36.0. The van der Waals surface area contributed by atoms with Crippen molar-refractivity contribution < 1.29 is 19.1 Å². The first-order valence-corrected chi connectivity index (χ1v) is 9.29. The minimum absolute atomic E-state index is 0.276. The van der Waals surface area contributed by atoms with Crippen molar-refractivity contribution in [2.75, 3.05) is 33.6 Å². The van der Waals surface area contributed by atoms with Crippen LogP contribution in [0.2, 0.25) is 0 Å². The first kappa shape index (κ1) is 21.0. The molecule has 8 heteroatoms. The number of aryl methyl sites for hydroxylation is 2. The minimum atomic E-state index is -0.378. The fraction of sp³-hybridized carbons (Fsp3) is 0.273. The molecule has 2 aromatic carbocycles. The number of amides is 2. The van der Waals surface area contributed by atoms with Gasteiger partial charge in [-0.25, -0.2) is 9.97 Å². The molecule has 8 nitrogen and oxygen atoms in total. The summed E-state index contributed by atoms with van der Waals surface area (Å²) in [7, 11) is 6.25. The molecular formula is C22H24N4O4. The maximum Gasteiger partial charge on any atom is 0.255 e. The number of methoxy groups -OCH3 is 2. The van der Waals surface area contributed by atoms with E-state index in [9.17, 15) is 9.59 Å². The molecule has 30 heavy (non-hydrogen) atoms. The van der Waals surface area contributed by atoms with E-state index >= 15 is 0 Å². The van der Waals surface area contributed by atoms with Crippen molar-refractivity contribution in [1.82, 2.24) is 14.9 Å². The highest BCUT2D eigenvalue weighted by molar-refractivity contribution is 6.10. The lowest BCUT2D eigenvalue weighted by Gasteiger charge is -2.18. The van der Waals surface area contributed by atoms with Crippen LogP contribution in [0.5, 0.6) is 11.5 Å². The average molecular weight is 408 g/mol. The topological polar surface area (TPSA) is 93.7 Å². The molecule has 3 aromatic rings. The Labute approximate surface area is 174 Å². The standard InChI is InChI=1S/C22H24N4O4/c1-12-13(2)24-18-9-14(7-8-16(18)23-12)21(27)25-17-11-20(30-6)19(29-5)10-15(17)22(28)26(3)4/h7-11H,1-6H3,(H,25,27). The molecule has 0 radical (unpaired) electrons. The number of aromatic nitrogens is 2. The summed E-state index contributed by atoms with van der Waals surface area (Å²) >= 11 is 0. The third-order valence-corrected chi connectivity index (χ3v) is 4.75. The molecule has 0 aliphatic heterocycles. The highest BCUT2D eigenvalue weighted by atomic mass is 16.5. The summed E-state index contributed by atoms with van der Waals surface area (Å²) in [6.07, 6.45) is 0. The Hall–Kier alpha value is -3.68. The van der Waals surface area contributed by atoms with Crippen molar-refractivity contribution in [1.29, 1.82) is 0 Å². The zero-order valence-corrected chi connectivity index (χ0v) is 17.9. The number of hydrogen-bond acceptors (Lipinski definition) is 6. The predicted octanol–water partition coefficient (Wildman–Crippen LogP) is 3.22. The molecule has 0 bridgehead atoms. The van der Waals surface area contributed by atoms with E-state index in [0.29, 0.717) is 33.8 Å². The molecule has 0 aliphatic carbocycles. The second-order valence-electron chi connectivity index (χ2n) is 7.00. The van der Waals surface area contributed by atoms with Gasteiger partial charge in [-0.2, -0.15) is 0 Å². The van der Waals surface area contributed by atoms with E-state index in [0.717, 1.165) is 11.4 Å². The maximum atomic E-state index is 13.0. The molecular weight excluding hydrogens is 384 g/mol. The van der Waals surface area contributed by atoms with Crippen LogP contribution in [-0.2, 0) is 0 Å². The van der Waals surface area contributed by atoms with Gasteiger partial charge in [-0.3, -0.25) is 9.59 Å². The van der Waals surface area contributed by atoms with Gasteiger partial charge in [0.15, 0.2) is 11.5 Å². The van der Waals surface area contributed by atoms with Crippen molar-refractivity contribution in [3.8, 4) is 11.5 Å². The van der Waals surface area contributed by atoms with E-state index in [1.807, 2.05) is 13.8 Å². The second-order valence-corrected chi connectivity index (χ2v) is 7.00. The zero-order valence-electron chi connectivity index (χ0n) is 17.9. The Bertz CT molecular complexity index is 1140. The first-order chi connectivity index (χ1) is 14.2. The number of nitrogens with one attached hydrogen (secondary N) is 1. The molecule has 0 atom stereocenters. The van der Waals surface area contributed by atoms with E-state index in [2.05, 4.69) is 15.3 Å². The van der Waals surface area contributed by atoms with Crippen molar-refractivity contribution >= 4 is 28.5 Å². The average Bonchev–Trinajstić information content (AvgIpc) is 2.73. The number of ether oxygens (including phenoxy) is 2. The Morgan fingerprint density at radius 1 is 0.900 bits per heavy atom. The molecule has 3 rings (SSSR count). The number of fused-ring (bicyclic) bond motifs is 1. The van der Waals surface area contributed by atoms with Crippen LogP contribution in [0, 0.1) is 13.8 Å². The molecule has 1 aromatic heterocycles. The number of carbonyl (C=O) groups excluding carboxylic acids is 2. The summed E-state index contributed by atoms with van der Waals surface area (Å²) in [5, 5.41) is 2.81. The van der Waals surface area contributed by atoms with Crippen molar-refractivity contribution in [3.63, 3.8) is 0 Å². The van der Waals surface area contributed by atoms with Gasteiger partial charge in [-0.1, -0.05) is 0 Å². The van der Waals surface area contributed by atoms with Crippen molar-refractivity contribution in [2.45, 2.75) is 13.8 Å². The fourth-order valence-corrected chi connectivity index (χ4v) is 2.97. The molecule has 0 unspecified atom stereocenters. The molecule has 1 heterocycles. The van der Waals surface area contributed by atoms with Gasteiger partial charge in [0, 0.05) is 25.7 Å². The third-order valence-electron chi connectivity index (χ3n) is 4.75. The Morgan fingerprint density at radius 2 is 1.50 bits per heavy atom. The van der Waals surface area contributed by atoms with Gasteiger partial charge in [0.05, 0.1) is 47.9 Å². The van der Waals surface area contributed by atoms with E-state index in [1.54, 1.807) is 44.4 Å².